The van der Waals surface area contributed by atoms with Gasteiger partial charge in [-0.05, 0) is 22.3 Å². The molecule has 14 nitrogen and oxygen atoms in total. The minimum absolute atomic E-state index is 0.0118. The van der Waals surface area contributed by atoms with Crippen molar-refractivity contribution < 1.29 is 68.6 Å². The van der Waals surface area contributed by atoms with Crippen LogP contribution in [0.2, 0.25) is 0 Å². The molecule has 2 saturated heterocycles. The van der Waals surface area contributed by atoms with Crippen LogP contribution in [0.25, 0.3) is 0 Å². The van der Waals surface area contributed by atoms with E-state index in [4.69, 9.17) is 28.4 Å². The maximum Gasteiger partial charge on any atom is 0.313 e. The van der Waals surface area contributed by atoms with Gasteiger partial charge in [-0.1, -0.05) is 121 Å². The molecule has 13 atom stereocenters. The van der Waals surface area contributed by atoms with Crippen LogP contribution in [0.4, 0.5) is 0 Å². The van der Waals surface area contributed by atoms with E-state index < -0.39 is 97.0 Å². The second kappa shape index (κ2) is 18.7. The predicted octanol–water partition coefficient (Wildman–Crippen LogP) is 1.73. The topological polar surface area (TPSA) is 211 Å². The summed E-state index contributed by atoms with van der Waals surface area (Å²) in [4.78, 5) is 27.8. The van der Waals surface area contributed by atoms with Gasteiger partial charge in [0.15, 0.2) is 12.1 Å². The van der Waals surface area contributed by atoms with Crippen LogP contribution in [0, 0.1) is 5.92 Å². The van der Waals surface area contributed by atoms with E-state index in [1.807, 2.05) is 121 Å². The number of ketones is 1. The Hall–Kier alpha value is -4.42. The van der Waals surface area contributed by atoms with E-state index in [0.717, 1.165) is 22.3 Å². The van der Waals surface area contributed by atoms with Crippen molar-refractivity contribution >= 4 is 11.8 Å². The third-order valence-corrected chi connectivity index (χ3v) is 11.0. The van der Waals surface area contributed by atoms with Crippen LogP contribution in [0.15, 0.2) is 121 Å². The van der Waals surface area contributed by atoms with Gasteiger partial charge in [0.2, 0.25) is 5.60 Å². The van der Waals surface area contributed by atoms with E-state index in [1.165, 1.54) is 0 Å². The molecule has 2 aliphatic heterocycles. The number of carbonyl (C=O) groups is 2. The number of aliphatic hydroxyl groups excluding tert-OH is 6. The van der Waals surface area contributed by atoms with Gasteiger partial charge in [-0.15, -0.1) is 0 Å². The molecule has 4 aromatic rings. The summed E-state index contributed by atoms with van der Waals surface area (Å²) >= 11 is 0. The molecular formula is C44H48O14. The number of benzene rings is 4. The molecule has 308 valence electrons. The van der Waals surface area contributed by atoms with Crippen LogP contribution in [0.3, 0.4) is 0 Å². The van der Waals surface area contributed by atoms with Crippen molar-refractivity contribution in [3.8, 4) is 0 Å². The van der Waals surface area contributed by atoms with Crippen molar-refractivity contribution in [2.75, 3.05) is 0 Å². The van der Waals surface area contributed by atoms with Gasteiger partial charge in [0.05, 0.1) is 38.4 Å². The number of hydrogen-bond acceptors (Lipinski definition) is 14. The SMILES string of the molecule is O=C1OC2(C(=O)CC1C(O)[C@H]1O[C@@H](OCc3ccccc3)[C@H](OCc3ccccc3)[C@@H](OCc3ccccc3)[C@@H]1OCc1ccccc1)[C@H](O)[C@@H](O)C(O)[C@@H](O)[C@@H]2O. The van der Waals surface area contributed by atoms with Crippen molar-refractivity contribution in [1.29, 1.82) is 0 Å². The lowest BCUT2D eigenvalue weighted by Crippen LogP contribution is -2.77. The zero-order valence-corrected chi connectivity index (χ0v) is 31.5. The minimum Gasteiger partial charge on any atom is -0.445 e. The summed E-state index contributed by atoms with van der Waals surface area (Å²) in [5.74, 6) is -3.99. The van der Waals surface area contributed by atoms with E-state index in [0.29, 0.717) is 0 Å². The van der Waals surface area contributed by atoms with Crippen molar-refractivity contribution in [1.82, 2.24) is 0 Å². The Morgan fingerprint density at radius 3 is 1.40 bits per heavy atom. The van der Waals surface area contributed by atoms with Gasteiger partial charge in [-0.25, -0.2) is 0 Å². The Morgan fingerprint density at radius 2 is 0.948 bits per heavy atom. The highest BCUT2D eigenvalue weighted by atomic mass is 16.7. The zero-order valence-electron chi connectivity index (χ0n) is 31.5. The molecule has 0 bridgehead atoms. The first-order valence-electron chi connectivity index (χ1n) is 19.2. The number of esters is 1. The van der Waals surface area contributed by atoms with E-state index in [1.54, 1.807) is 0 Å². The third kappa shape index (κ3) is 8.78. The van der Waals surface area contributed by atoms with E-state index in [-0.39, 0.29) is 26.4 Å². The highest BCUT2D eigenvalue weighted by Gasteiger charge is 2.68. The standard InChI is InChI=1S/C44H48O14/c45-31-21-30(42(52)58-44(31)40(50)34(48)33(47)35(49)41(44)51)32(46)36-37(53-22-26-13-5-1-6-14-26)38(54-23-27-15-7-2-8-16-27)39(55-24-28-17-9-3-10-18-28)43(57-36)56-25-29-19-11-4-12-20-29/h1-20,30,32-41,43,46-51H,21-25H2/t30?,32?,33?,34-,35+,36-,37-,38+,39-,40+,41-,43-,44?/m1/s1. The molecule has 14 heteroatoms. The summed E-state index contributed by atoms with van der Waals surface area (Å²) in [6, 6.07) is 37.3. The molecule has 1 saturated carbocycles. The Kier molecular flexibility index (Phi) is 13.4. The molecule has 0 amide bonds. The number of carbonyl (C=O) groups excluding carboxylic acids is 2. The minimum atomic E-state index is -2.82. The molecule has 58 heavy (non-hydrogen) atoms. The average Bonchev–Trinajstić information content (AvgIpc) is 3.26. The molecule has 2 heterocycles. The van der Waals surface area contributed by atoms with Gasteiger partial charge in [-0.2, -0.15) is 0 Å². The fourth-order valence-electron chi connectivity index (χ4n) is 7.79. The van der Waals surface area contributed by atoms with Crippen LogP contribution in [0.1, 0.15) is 28.7 Å². The molecular weight excluding hydrogens is 752 g/mol. The van der Waals surface area contributed by atoms with Crippen LogP contribution < -0.4 is 0 Å². The van der Waals surface area contributed by atoms with Crippen LogP contribution in [-0.4, -0.2) is 115 Å². The highest BCUT2D eigenvalue weighted by Crippen LogP contribution is 2.42. The zero-order chi connectivity index (χ0) is 40.8. The molecule has 6 N–H and O–H groups in total. The second-order valence-electron chi connectivity index (χ2n) is 14.8. The van der Waals surface area contributed by atoms with Gasteiger partial charge >= 0.3 is 5.97 Å². The van der Waals surface area contributed by atoms with E-state index in [9.17, 15) is 40.2 Å². The molecule has 0 aromatic heterocycles. The first-order valence-corrected chi connectivity index (χ1v) is 19.2. The number of aliphatic hydroxyl groups is 6. The Bertz CT molecular complexity index is 1900. The number of ether oxygens (including phenoxy) is 6. The predicted molar refractivity (Wildman–Crippen MR) is 203 cm³/mol. The van der Waals surface area contributed by atoms with Gasteiger partial charge < -0.3 is 59.1 Å². The summed E-state index contributed by atoms with van der Waals surface area (Å²) in [6.45, 7) is 0.262. The molecule has 7 rings (SSSR count). The van der Waals surface area contributed by atoms with Gasteiger partial charge in [0, 0.05) is 6.42 Å². The summed E-state index contributed by atoms with van der Waals surface area (Å²) in [7, 11) is 0. The number of Topliss-reactive ketones (excluding diaryl/α,β-unsaturated/α-hetero) is 1. The summed E-state index contributed by atoms with van der Waals surface area (Å²) in [6.07, 6.45) is -19.5. The number of hydrogen-bond donors (Lipinski definition) is 6. The van der Waals surface area contributed by atoms with Crippen molar-refractivity contribution in [3.63, 3.8) is 0 Å². The van der Waals surface area contributed by atoms with Gasteiger partial charge in [-0.3, -0.25) is 9.59 Å². The first kappa shape index (κ1) is 41.7. The Labute approximate surface area is 335 Å². The normalized spacial score (nSPS) is 33.1. The summed E-state index contributed by atoms with van der Waals surface area (Å²) in [5.41, 5.74) is 0.432. The molecule has 4 aromatic carbocycles. The summed E-state index contributed by atoms with van der Waals surface area (Å²) < 4.78 is 38.3. The largest absolute Gasteiger partial charge is 0.445 e. The lowest BCUT2D eigenvalue weighted by Gasteiger charge is -2.52. The lowest BCUT2D eigenvalue weighted by atomic mass is 9.68. The molecule has 1 aliphatic carbocycles. The smallest absolute Gasteiger partial charge is 0.313 e. The van der Waals surface area contributed by atoms with E-state index >= 15 is 0 Å². The van der Waals surface area contributed by atoms with Crippen LogP contribution >= 0.6 is 0 Å². The van der Waals surface area contributed by atoms with Crippen molar-refractivity contribution in [3.05, 3.63) is 144 Å². The second-order valence-corrected chi connectivity index (χ2v) is 14.8. The first-order chi connectivity index (χ1) is 28.1. The van der Waals surface area contributed by atoms with Gasteiger partial charge in [0.25, 0.3) is 0 Å². The van der Waals surface area contributed by atoms with Crippen molar-refractivity contribution in [2.24, 2.45) is 5.92 Å². The summed E-state index contributed by atoms with van der Waals surface area (Å²) in [5, 5.41) is 65.1. The maximum atomic E-state index is 13.9. The highest BCUT2D eigenvalue weighted by molar-refractivity contribution is 5.97. The molecule has 0 radical (unpaired) electrons. The van der Waals surface area contributed by atoms with Crippen LogP contribution in [-0.2, 0) is 64.4 Å². The van der Waals surface area contributed by atoms with E-state index in [2.05, 4.69) is 0 Å². The Morgan fingerprint density at radius 1 is 0.552 bits per heavy atom. The van der Waals surface area contributed by atoms with Crippen LogP contribution in [0.5, 0.6) is 0 Å². The maximum absolute atomic E-state index is 13.9. The van der Waals surface area contributed by atoms with Gasteiger partial charge in [0.1, 0.15) is 54.9 Å². The monoisotopic (exact) mass is 800 g/mol. The average molecular weight is 801 g/mol. The molecule has 1 spiro atoms. The fraction of sp³-hybridized carbons (Fsp3) is 0.409. The fourth-order valence-corrected chi connectivity index (χ4v) is 7.79. The quantitative estimate of drug-likeness (QED) is 0.100. The number of rotatable bonds is 14. The third-order valence-electron chi connectivity index (χ3n) is 11.0. The van der Waals surface area contributed by atoms with Crippen molar-refractivity contribution in [2.45, 2.75) is 106 Å². The molecule has 3 aliphatic rings. The molecule has 3 fully saturated rings. The lowest BCUT2D eigenvalue weighted by molar-refractivity contribution is -0.340. The molecule has 4 unspecified atom stereocenters. The Balaban J connectivity index is 1.25.